The largest absolute Gasteiger partial charge is 0.479 e. The molecule has 32 heavy (non-hydrogen) atoms. The monoisotopic (exact) mass is 439 g/mol. The van der Waals surface area contributed by atoms with Gasteiger partial charge in [-0.3, -0.25) is 4.79 Å². The molecule has 3 atom stereocenters. The number of hydrogen-bond donors (Lipinski definition) is 1. The molecule has 1 aliphatic heterocycles. The lowest BCUT2D eigenvalue weighted by molar-refractivity contribution is -0.130. The van der Waals surface area contributed by atoms with Gasteiger partial charge in [-0.2, -0.15) is 5.26 Å². The second-order valence-electron chi connectivity index (χ2n) is 8.56. The zero-order valence-corrected chi connectivity index (χ0v) is 19.0. The molecular formula is C25H30FN3O3. The highest BCUT2D eigenvalue weighted by atomic mass is 19.1. The number of carbonyl (C=O) groups is 1. The molecule has 170 valence electrons. The molecule has 0 spiro atoms. The summed E-state index contributed by atoms with van der Waals surface area (Å²) in [5, 5.41) is 12.1. The van der Waals surface area contributed by atoms with E-state index in [1.165, 1.54) is 6.07 Å². The Balaban J connectivity index is 1.65. The van der Waals surface area contributed by atoms with Crippen LogP contribution in [-0.4, -0.2) is 37.3 Å². The van der Waals surface area contributed by atoms with Crippen molar-refractivity contribution in [3.8, 4) is 11.8 Å². The highest BCUT2D eigenvalue weighted by molar-refractivity contribution is 5.81. The maximum atomic E-state index is 14.8. The number of para-hydroxylation sites is 1. The molecule has 0 bridgehead atoms. The lowest BCUT2D eigenvalue weighted by atomic mass is 10.1. The highest BCUT2D eigenvalue weighted by Gasteiger charge is 2.26. The van der Waals surface area contributed by atoms with E-state index in [0.29, 0.717) is 35.7 Å². The Morgan fingerprint density at radius 2 is 1.94 bits per heavy atom. The summed E-state index contributed by atoms with van der Waals surface area (Å²) in [6.45, 7) is 9.15. The average Bonchev–Trinajstić information content (AvgIpc) is 2.75. The summed E-state index contributed by atoms with van der Waals surface area (Å²) in [6.07, 6.45) is -0.697. The number of ether oxygens (including phenoxy) is 2. The molecule has 0 saturated carbocycles. The van der Waals surface area contributed by atoms with Crippen LogP contribution in [0.4, 0.5) is 10.1 Å². The van der Waals surface area contributed by atoms with Gasteiger partial charge >= 0.3 is 0 Å². The molecule has 3 unspecified atom stereocenters. The number of rotatable bonds is 7. The van der Waals surface area contributed by atoms with Crippen LogP contribution in [0.15, 0.2) is 42.5 Å². The molecule has 1 saturated heterocycles. The standard InChI is InChI=1S/C25H30FN3O3/c1-16(2)24(32-23-8-6-5-7-20(23)12-27)25(30)28-13-19-9-10-22(21(26)11-19)29-14-17(3)31-18(4)15-29/h5-11,16-18,24H,13-15H2,1-4H3,(H,28,30). The van der Waals surface area contributed by atoms with Gasteiger partial charge in [0.25, 0.3) is 5.91 Å². The summed E-state index contributed by atoms with van der Waals surface area (Å²) in [5.74, 6) is -0.384. The lowest BCUT2D eigenvalue weighted by Crippen LogP contribution is -2.45. The molecule has 6 nitrogen and oxygen atoms in total. The fraction of sp³-hybridized carbons (Fsp3) is 0.440. The Labute approximate surface area is 188 Å². The molecule has 3 rings (SSSR count). The van der Waals surface area contributed by atoms with Crippen LogP contribution in [0.1, 0.15) is 38.8 Å². The summed E-state index contributed by atoms with van der Waals surface area (Å²) in [4.78, 5) is 14.8. The third kappa shape index (κ3) is 5.77. The van der Waals surface area contributed by atoms with Crippen LogP contribution < -0.4 is 15.0 Å². The fourth-order valence-electron chi connectivity index (χ4n) is 3.87. The predicted molar refractivity (Wildman–Crippen MR) is 121 cm³/mol. The second-order valence-corrected chi connectivity index (χ2v) is 8.56. The molecule has 7 heteroatoms. The van der Waals surface area contributed by atoms with Gasteiger partial charge in [0.05, 0.1) is 23.5 Å². The van der Waals surface area contributed by atoms with Crippen LogP contribution in [0.5, 0.6) is 5.75 Å². The summed E-state index contributed by atoms with van der Waals surface area (Å²) in [6, 6.07) is 13.9. The fourth-order valence-corrected chi connectivity index (χ4v) is 3.87. The molecule has 0 radical (unpaired) electrons. The van der Waals surface area contributed by atoms with E-state index in [4.69, 9.17) is 9.47 Å². The number of hydrogen-bond acceptors (Lipinski definition) is 5. The Kier molecular flexibility index (Phi) is 7.70. The number of halogens is 1. The maximum absolute atomic E-state index is 14.8. The van der Waals surface area contributed by atoms with Crippen LogP contribution in [0, 0.1) is 23.1 Å². The number of nitriles is 1. The minimum absolute atomic E-state index is 0.0382. The number of anilines is 1. The SMILES string of the molecule is CC1CN(c2ccc(CNC(=O)C(Oc3ccccc3C#N)C(C)C)cc2F)CC(C)O1. The van der Waals surface area contributed by atoms with E-state index in [9.17, 15) is 14.4 Å². The van der Waals surface area contributed by atoms with Gasteiger partial charge in [0, 0.05) is 19.6 Å². The minimum atomic E-state index is -0.773. The van der Waals surface area contributed by atoms with Gasteiger partial charge < -0.3 is 19.7 Å². The first-order valence-corrected chi connectivity index (χ1v) is 10.9. The van der Waals surface area contributed by atoms with Gasteiger partial charge in [0.2, 0.25) is 0 Å². The number of benzene rings is 2. The molecule has 1 aliphatic rings. The Morgan fingerprint density at radius 3 is 2.56 bits per heavy atom. The second kappa shape index (κ2) is 10.5. The first-order valence-electron chi connectivity index (χ1n) is 10.9. The number of nitrogens with zero attached hydrogens (tertiary/aromatic N) is 2. The quantitative estimate of drug-likeness (QED) is 0.705. The molecule has 2 aromatic rings. The Bertz CT molecular complexity index is 979. The van der Waals surface area contributed by atoms with Crippen molar-refractivity contribution >= 4 is 11.6 Å². The van der Waals surface area contributed by atoms with Gasteiger partial charge in [0.1, 0.15) is 17.6 Å². The van der Waals surface area contributed by atoms with Gasteiger partial charge in [-0.25, -0.2) is 4.39 Å². The Hall–Kier alpha value is -3.11. The van der Waals surface area contributed by atoms with E-state index in [2.05, 4.69) is 11.4 Å². The number of amides is 1. The molecule has 2 aromatic carbocycles. The normalized spacial score (nSPS) is 19.3. The topological polar surface area (TPSA) is 74.6 Å². The number of morpholine rings is 1. The van der Waals surface area contributed by atoms with Gasteiger partial charge in [-0.1, -0.05) is 32.0 Å². The van der Waals surface area contributed by atoms with E-state index in [1.807, 2.05) is 38.7 Å². The van der Waals surface area contributed by atoms with Crippen LogP contribution in [-0.2, 0) is 16.1 Å². The highest BCUT2D eigenvalue weighted by Crippen LogP contribution is 2.25. The zero-order valence-electron chi connectivity index (χ0n) is 19.0. The Morgan fingerprint density at radius 1 is 1.25 bits per heavy atom. The minimum Gasteiger partial charge on any atom is -0.479 e. The van der Waals surface area contributed by atoms with Crippen molar-refractivity contribution in [2.24, 2.45) is 5.92 Å². The van der Waals surface area contributed by atoms with Crippen LogP contribution >= 0.6 is 0 Å². The van der Waals surface area contributed by atoms with Crippen molar-refractivity contribution in [1.82, 2.24) is 5.32 Å². The van der Waals surface area contributed by atoms with E-state index < -0.39 is 6.10 Å². The zero-order chi connectivity index (χ0) is 23.3. The van der Waals surface area contributed by atoms with Crippen molar-refractivity contribution in [2.45, 2.75) is 52.6 Å². The van der Waals surface area contributed by atoms with E-state index >= 15 is 0 Å². The van der Waals surface area contributed by atoms with Crippen molar-refractivity contribution in [1.29, 1.82) is 5.26 Å². The first-order chi connectivity index (χ1) is 15.3. The van der Waals surface area contributed by atoms with Crippen molar-refractivity contribution in [3.63, 3.8) is 0 Å². The van der Waals surface area contributed by atoms with Gasteiger partial charge in [-0.05, 0) is 49.6 Å². The summed E-state index contributed by atoms with van der Waals surface area (Å²) in [5.41, 5.74) is 1.57. The van der Waals surface area contributed by atoms with Crippen LogP contribution in [0.3, 0.4) is 0 Å². The van der Waals surface area contributed by atoms with E-state index in [0.717, 1.165) is 0 Å². The summed E-state index contributed by atoms with van der Waals surface area (Å²) >= 11 is 0. The van der Waals surface area contributed by atoms with Crippen molar-refractivity contribution in [3.05, 3.63) is 59.4 Å². The predicted octanol–water partition coefficient (Wildman–Crippen LogP) is 4.03. The molecule has 1 amide bonds. The number of nitrogens with one attached hydrogen (secondary N) is 1. The smallest absolute Gasteiger partial charge is 0.261 e. The van der Waals surface area contributed by atoms with Crippen LogP contribution in [0.25, 0.3) is 0 Å². The van der Waals surface area contributed by atoms with Crippen LogP contribution in [0.2, 0.25) is 0 Å². The first kappa shape index (κ1) is 23.6. The summed E-state index contributed by atoms with van der Waals surface area (Å²) < 4.78 is 26.4. The van der Waals surface area contributed by atoms with E-state index in [-0.39, 0.29) is 36.4 Å². The van der Waals surface area contributed by atoms with E-state index in [1.54, 1.807) is 30.3 Å². The molecule has 0 aliphatic carbocycles. The third-order valence-electron chi connectivity index (χ3n) is 5.36. The third-order valence-corrected chi connectivity index (χ3v) is 5.36. The molecule has 0 aromatic heterocycles. The lowest BCUT2D eigenvalue weighted by Gasteiger charge is -2.37. The van der Waals surface area contributed by atoms with Crippen molar-refractivity contribution in [2.75, 3.05) is 18.0 Å². The van der Waals surface area contributed by atoms with Crippen molar-refractivity contribution < 1.29 is 18.7 Å². The average molecular weight is 440 g/mol. The molecule has 1 heterocycles. The summed E-state index contributed by atoms with van der Waals surface area (Å²) in [7, 11) is 0. The maximum Gasteiger partial charge on any atom is 0.261 e. The molecular weight excluding hydrogens is 409 g/mol. The molecule has 1 N–H and O–H groups in total. The van der Waals surface area contributed by atoms with Gasteiger partial charge in [-0.15, -0.1) is 0 Å². The number of carbonyl (C=O) groups excluding carboxylic acids is 1. The van der Waals surface area contributed by atoms with Gasteiger partial charge in [0.15, 0.2) is 6.10 Å². The molecule has 1 fully saturated rings.